The molecule has 2 unspecified atom stereocenters. The van der Waals surface area contributed by atoms with E-state index in [1.54, 1.807) is 24.1 Å². The van der Waals surface area contributed by atoms with Crippen LogP contribution in [0.25, 0.3) is 0 Å². The lowest BCUT2D eigenvalue weighted by atomic mass is 10.1. The van der Waals surface area contributed by atoms with Crippen molar-refractivity contribution >= 4 is 35.0 Å². The van der Waals surface area contributed by atoms with Gasteiger partial charge < -0.3 is 15.8 Å². The molecule has 0 bridgehead atoms. The maximum absolute atomic E-state index is 12.8. The van der Waals surface area contributed by atoms with Gasteiger partial charge in [0.1, 0.15) is 16.7 Å². The number of benzene rings is 2. The van der Waals surface area contributed by atoms with E-state index >= 15 is 0 Å². The van der Waals surface area contributed by atoms with Gasteiger partial charge in [-0.2, -0.15) is 11.8 Å². The van der Waals surface area contributed by atoms with Crippen LogP contribution in [0.4, 0.5) is 0 Å². The average Bonchev–Trinajstić information content (AvgIpc) is 3.31. The van der Waals surface area contributed by atoms with Crippen LogP contribution in [-0.4, -0.2) is 35.3 Å². The zero-order chi connectivity index (χ0) is 22.8. The first-order valence-electron chi connectivity index (χ1n) is 10.4. The van der Waals surface area contributed by atoms with Gasteiger partial charge in [0.2, 0.25) is 0 Å². The van der Waals surface area contributed by atoms with E-state index in [1.807, 2.05) is 60.7 Å². The van der Waals surface area contributed by atoms with Gasteiger partial charge in [0.25, 0.3) is 5.91 Å². The number of amides is 1. The largest absolute Gasteiger partial charge is 0.464 e. The predicted molar refractivity (Wildman–Crippen MR) is 130 cm³/mol. The van der Waals surface area contributed by atoms with Crippen LogP contribution in [-0.2, 0) is 21.7 Å². The highest BCUT2D eigenvalue weighted by atomic mass is 32.2. The number of ether oxygens (including phenoxy) is 1. The maximum atomic E-state index is 12.8. The van der Waals surface area contributed by atoms with Gasteiger partial charge in [0, 0.05) is 16.9 Å². The van der Waals surface area contributed by atoms with Crippen LogP contribution in [0.5, 0.6) is 0 Å². The van der Waals surface area contributed by atoms with Crippen LogP contribution in [0.1, 0.15) is 39.6 Å². The molecule has 32 heavy (non-hydrogen) atoms. The summed E-state index contributed by atoms with van der Waals surface area (Å²) < 4.78 is 5.15. The number of thiazole rings is 1. The van der Waals surface area contributed by atoms with E-state index in [0.717, 1.165) is 16.9 Å². The fourth-order valence-electron chi connectivity index (χ4n) is 3.03. The molecule has 6 nitrogen and oxygen atoms in total. The Hall–Kier alpha value is -2.68. The van der Waals surface area contributed by atoms with Crippen molar-refractivity contribution in [3.63, 3.8) is 0 Å². The van der Waals surface area contributed by atoms with Gasteiger partial charge in [-0.25, -0.2) is 9.78 Å². The van der Waals surface area contributed by atoms with E-state index in [-0.39, 0.29) is 18.3 Å². The highest BCUT2D eigenvalue weighted by Gasteiger charge is 2.24. The van der Waals surface area contributed by atoms with E-state index in [0.29, 0.717) is 17.2 Å². The molecular weight excluding hydrogens is 442 g/mol. The zero-order valence-electron chi connectivity index (χ0n) is 17.9. The van der Waals surface area contributed by atoms with Gasteiger partial charge in [-0.3, -0.25) is 4.79 Å². The molecule has 3 rings (SSSR count). The van der Waals surface area contributed by atoms with Crippen molar-refractivity contribution in [1.29, 1.82) is 0 Å². The molecule has 3 N–H and O–H groups in total. The molecular formula is C24H27N3O3S2. The minimum Gasteiger partial charge on any atom is -0.464 e. The third-order valence-corrected chi connectivity index (χ3v) is 6.73. The second-order valence-electron chi connectivity index (χ2n) is 7.15. The standard InChI is InChI=1S/C24H27N3O3S2/c1-2-30-24(29)21(15-31-14-18-11-7-4-8-12-18)26-22(28)20-16-32-23(27-20)19(25)13-17-9-5-3-6-10-17/h3-12,16,19,21H,2,13-15,25H2,1H3,(H,26,28). The Morgan fingerprint density at radius 2 is 1.75 bits per heavy atom. The lowest BCUT2D eigenvalue weighted by Crippen LogP contribution is -2.43. The number of nitrogens with zero attached hydrogens (tertiary/aromatic N) is 1. The monoisotopic (exact) mass is 469 g/mol. The summed E-state index contributed by atoms with van der Waals surface area (Å²) >= 11 is 2.91. The number of carbonyl (C=O) groups is 2. The Bertz CT molecular complexity index is 996. The predicted octanol–water partition coefficient (Wildman–Crippen LogP) is 3.98. The minimum absolute atomic E-state index is 0.254. The molecule has 0 aliphatic rings. The molecule has 0 saturated heterocycles. The smallest absolute Gasteiger partial charge is 0.329 e. The molecule has 8 heteroatoms. The van der Waals surface area contributed by atoms with Crippen molar-refractivity contribution in [1.82, 2.24) is 10.3 Å². The summed E-state index contributed by atoms with van der Waals surface area (Å²) in [6, 6.07) is 18.8. The number of aromatic nitrogens is 1. The molecule has 0 radical (unpaired) electrons. The fraction of sp³-hybridized carbons (Fsp3) is 0.292. The fourth-order valence-corrected chi connectivity index (χ4v) is 4.83. The number of esters is 1. The number of rotatable bonds is 11. The summed E-state index contributed by atoms with van der Waals surface area (Å²) in [4.78, 5) is 29.6. The van der Waals surface area contributed by atoms with Crippen molar-refractivity contribution in [2.45, 2.75) is 31.2 Å². The molecule has 2 aromatic carbocycles. The molecule has 168 valence electrons. The van der Waals surface area contributed by atoms with E-state index in [1.165, 1.54) is 11.3 Å². The van der Waals surface area contributed by atoms with Gasteiger partial charge in [-0.15, -0.1) is 11.3 Å². The van der Waals surface area contributed by atoms with Gasteiger partial charge >= 0.3 is 5.97 Å². The molecule has 3 aromatic rings. The molecule has 2 atom stereocenters. The molecule has 0 spiro atoms. The van der Waals surface area contributed by atoms with Crippen LogP contribution < -0.4 is 11.1 Å². The molecule has 0 saturated carbocycles. The summed E-state index contributed by atoms with van der Waals surface area (Å²) in [5.74, 6) is 0.293. The van der Waals surface area contributed by atoms with E-state index < -0.39 is 17.9 Å². The lowest BCUT2D eigenvalue weighted by Gasteiger charge is -2.16. The molecule has 0 aliphatic heterocycles. The van der Waals surface area contributed by atoms with Crippen LogP contribution in [0, 0.1) is 0 Å². The van der Waals surface area contributed by atoms with Gasteiger partial charge in [0.05, 0.1) is 12.6 Å². The number of nitrogens with one attached hydrogen (secondary N) is 1. The molecule has 1 heterocycles. The highest BCUT2D eigenvalue weighted by Crippen LogP contribution is 2.21. The van der Waals surface area contributed by atoms with Crippen LogP contribution in [0.3, 0.4) is 0 Å². The number of hydrogen-bond acceptors (Lipinski definition) is 7. The van der Waals surface area contributed by atoms with Crippen LogP contribution >= 0.6 is 23.1 Å². The number of nitrogens with two attached hydrogens (primary N) is 1. The van der Waals surface area contributed by atoms with E-state index in [9.17, 15) is 9.59 Å². The summed E-state index contributed by atoms with van der Waals surface area (Å²) in [5, 5.41) is 5.14. The topological polar surface area (TPSA) is 94.3 Å². The average molecular weight is 470 g/mol. The minimum atomic E-state index is -0.751. The van der Waals surface area contributed by atoms with Crippen molar-refractivity contribution in [2.75, 3.05) is 12.4 Å². The van der Waals surface area contributed by atoms with Crippen molar-refractivity contribution < 1.29 is 14.3 Å². The van der Waals surface area contributed by atoms with E-state index in [2.05, 4.69) is 10.3 Å². The summed E-state index contributed by atoms with van der Waals surface area (Å²) in [6.45, 7) is 2.00. The maximum Gasteiger partial charge on any atom is 0.329 e. The Morgan fingerprint density at radius 3 is 2.41 bits per heavy atom. The Kier molecular flexibility index (Phi) is 9.27. The second-order valence-corrected chi connectivity index (χ2v) is 9.07. The molecule has 0 aliphatic carbocycles. The second kappa shape index (κ2) is 12.4. The molecule has 1 aromatic heterocycles. The van der Waals surface area contributed by atoms with Crippen molar-refractivity contribution in [2.24, 2.45) is 5.73 Å². The molecule has 0 fully saturated rings. The van der Waals surface area contributed by atoms with Gasteiger partial charge in [0.15, 0.2) is 0 Å². The third-order valence-electron chi connectivity index (χ3n) is 4.64. The summed E-state index contributed by atoms with van der Waals surface area (Å²) in [6.07, 6.45) is 0.636. The van der Waals surface area contributed by atoms with Gasteiger partial charge in [-0.1, -0.05) is 60.7 Å². The third kappa shape index (κ3) is 7.19. The lowest BCUT2D eigenvalue weighted by molar-refractivity contribution is -0.144. The van der Waals surface area contributed by atoms with Crippen LogP contribution in [0.15, 0.2) is 66.0 Å². The van der Waals surface area contributed by atoms with Crippen LogP contribution in [0.2, 0.25) is 0 Å². The summed E-state index contributed by atoms with van der Waals surface area (Å²) in [7, 11) is 0. The quantitative estimate of drug-likeness (QED) is 0.413. The van der Waals surface area contributed by atoms with Crippen molar-refractivity contribution in [3.8, 4) is 0 Å². The molecule has 1 amide bonds. The normalized spacial score (nSPS) is 12.7. The SMILES string of the molecule is CCOC(=O)C(CSCc1ccccc1)NC(=O)c1csc(C(N)Cc2ccccc2)n1. The number of thioether (sulfide) groups is 1. The zero-order valence-corrected chi connectivity index (χ0v) is 19.5. The van der Waals surface area contributed by atoms with E-state index in [4.69, 9.17) is 10.5 Å². The Labute approximate surface area is 196 Å². The Balaban J connectivity index is 1.59. The number of hydrogen-bond donors (Lipinski definition) is 2. The van der Waals surface area contributed by atoms with Gasteiger partial charge in [-0.05, 0) is 24.5 Å². The highest BCUT2D eigenvalue weighted by molar-refractivity contribution is 7.98. The Morgan fingerprint density at radius 1 is 1.09 bits per heavy atom. The summed E-state index contributed by atoms with van der Waals surface area (Å²) in [5.41, 5.74) is 8.82. The first kappa shape index (κ1) is 24.0. The first-order valence-corrected chi connectivity index (χ1v) is 12.4. The van der Waals surface area contributed by atoms with Crippen molar-refractivity contribution in [3.05, 3.63) is 87.9 Å². The first-order chi connectivity index (χ1) is 15.6. The number of carbonyl (C=O) groups excluding carboxylic acids is 2.